The van der Waals surface area contributed by atoms with Crippen molar-refractivity contribution in [3.63, 3.8) is 0 Å². The predicted octanol–water partition coefficient (Wildman–Crippen LogP) is 1.55. The lowest BCUT2D eigenvalue weighted by atomic mass is 9.68. The summed E-state index contributed by atoms with van der Waals surface area (Å²) in [7, 11) is 1.63. The van der Waals surface area contributed by atoms with Gasteiger partial charge in [0, 0.05) is 20.2 Å². The second kappa shape index (κ2) is 23.2. The Bertz CT molecular complexity index is 1440. The zero-order chi connectivity index (χ0) is 43.0. The van der Waals surface area contributed by atoms with E-state index in [9.17, 15) is 28.8 Å². The summed E-state index contributed by atoms with van der Waals surface area (Å²) in [4.78, 5) is 73.8. The van der Waals surface area contributed by atoms with Crippen molar-refractivity contribution >= 4 is 35.6 Å². The first kappa shape index (κ1) is 48.7. The first-order chi connectivity index (χ1) is 27.5. The topological polar surface area (TPSA) is 253 Å². The summed E-state index contributed by atoms with van der Waals surface area (Å²) in [5, 5.41) is 10.7. The van der Waals surface area contributed by atoms with Crippen molar-refractivity contribution in [1.82, 2.24) is 32.1 Å². The van der Waals surface area contributed by atoms with Crippen LogP contribution in [-0.4, -0.2) is 130 Å². The minimum atomic E-state index is -0.882. The fraction of sp³-hybridized carbons (Fsp3) is 0.800. The third-order valence-corrected chi connectivity index (χ3v) is 11.1. The van der Waals surface area contributed by atoms with Crippen molar-refractivity contribution in [2.45, 2.75) is 135 Å². The van der Waals surface area contributed by atoms with Crippen LogP contribution in [0.4, 0.5) is 9.59 Å². The van der Waals surface area contributed by atoms with Crippen molar-refractivity contribution in [3.8, 4) is 0 Å². The number of unbranched alkanes of at least 4 members (excludes halogenated alkanes) is 3. The minimum Gasteiger partial charge on any atom is -0.447 e. The summed E-state index contributed by atoms with van der Waals surface area (Å²) in [6.45, 7) is 14.2. The summed E-state index contributed by atoms with van der Waals surface area (Å²) < 4.78 is 29.7. The van der Waals surface area contributed by atoms with Gasteiger partial charge in [-0.05, 0) is 64.7 Å². The average molecular weight is 824 g/mol. The number of methoxy groups -OCH3 is 1. The summed E-state index contributed by atoms with van der Waals surface area (Å²) in [6.07, 6.45) is 5.36. The molecule has 8 N–H and O–H groups in total. The molecule has 2 heterocycles. The van der Waals surface area contributed by atoms with Crippen LogP contribution < -0.4 is 37.9 Å². The molecule has 1 spiro atoms. The van der Waals surface area contributed by atoms with Gasteiger partial charge in [-0.1, -0.05) is 52.2 Å². The molecule has 3 aliphatic rings. The highest BCUT2D eigenvalue weighted by atomic mass is 16.6. The number of nitrogens with two attached hydrogens (primary N) is 1. The number of epoxide rings is 2. The number of hydrogen-bond donors (Lipinski definition) is 7. The third kappa shape index (κ3) is 14.9. The van der Waals surface area contributed by atoms with E-state index in [1.54, 1.807) is 21.0 Å². The summed E-state index contributed by atoms with van der Waals surface area (Å²) in [6, 6.07) is -1.35. The monoisotopic (exact) mass is 824 g/mol. The SMILES string of the molecule is COC1C(OC(=O)N[C@@H](COC(=O)NCCCCCCNC(=O)CNN[C@H](C(=O)C(=O)CNC(=O)CN)C(C)C)C(C)C)CC[C@]2(CO2)C1C1(C)O[C@@H]1CC=C(C)C. The molecule has 0 aromatic heterocycles. The Morgan fingerprint density at radius 2 is 1.57 bits per heavy atom. The largest absolute Gasteiger partial charge is 0.447 e. The molecule has 8 atom stereocenters. The van der Waals surface area contributed by atoms with Crippen molar-refractivity contribution in [2.75, 3.05) is 53.0 Å². The van der Waals surface area contributed by atoms with Crippen LogP contribution in [0.1, 0.15) is 93.4 Å². The lowest BCUT2D eigenvalue weighted by Crippen LogP contribution is -2.56. The van der Waals surface area contributed by atoms with Crippen LogP contribution in [0, 0.1) is 17.8 Å². The number of Topliss-reactive ketones (excluding diaryl/α,β-unsaturated/α-hetero) is 2. The van der Waals surface area contributed by atoms with E-state index in [1.165, 1.54) is 5.57 Å². The summed E-state index contributed by atoms with van der Waals surface area (Å²) >= 11 is 0. The van der Waals surface area contributed by atoms with Gasteiger partial charge in [-0.3, -0.25) is 19.2 Å². The number of alkyl carbamates (subject to hydrolysis) is 2. The highest BCUT2D eigenvalue weighted by molar-refractivity contribution is 6.40. The van der Waals surface area contributed by atoms with Gasteiger partial charge in [0.25, 0.3) is 0 Å². The predicted molar refractivity (Wildman–Crippen MR) is 214 cm³/mol. The van der Waals surface area contributed by atoms with Crippen LogP contribution in [0.25, 0.3) is 0 Å². The molecule has 3 fully saturated rings. The number of allylic oxidation sites excluding steroid dienone is 1. The van der Waals surface area contributed by atoms with Gasteiger partial charge < -0.3 is 50.7 Å². The van der Waals surface area contributed by atoms with E-state index in [0.29, 0.717) is 32.5 Å². The highest BCUT2D eigenvalue weighted by Gasteiger charge is 2.72. The highest BCUT2D eigenvalue weighted by Crippen LogP contribution is 2.59. The van der Waals surface area contributed by atoms with Crippen molar-refractivity contribution in [3.05, 3.63) is 11.6 Å². The number of carbonyl (C=O) groups is 6. The zero-order valence-corrected chi connectivity index (χ0v) is 35.7. The van der Waals surface area contributed by atoms with Crippen molar-refractivity contribution in [2.24, 2.45) is 23.5 Å². The van der Waals surface area contributed by atoms with Crippen LogP contribution in [0.5, 0.6) is 0 Å². The second-order valence-electron chi connectivity index (χ2n) is 16.6. The Morgan fingerprint density at radius 3 is 2.16 bits per heavy atom. The number of hydrogen-bond acceptors (Lipinski definition) is 14. The zero-order valence-electron chi connectivity index (χ0n) is 35.7. The molecule has 0 aromatic carbocycles. The Hall–Kier alpha value is -3.68. The Kier molecular flexibility index (Phi) is 19.5. The minimum absolute atomic E-state index is 0.0278. The number of ether oxygens (including phenoxy) is 5. The smallest absolute Gasteiger partial charge is 0.407 e. The molecule has 0 bridgehead atoms. The average Bonchev–Trinajstić information content (AvgIpc) is 4.10. The number of amides is 4. The lowest BCUT2D eigenvalue weighted by molar-refractivity contribution is -0.138. The molecule has 18 nitrogen and oxygen atoms in total. The van der Waals surface area contributed by atoms with E-state index < -0.39 is 66.1 Å². The van der Waals surface area contributed by atoms with E-state index in [-0.39, 0.29) is 55.1 Å². The molecule has 3 rings (SSSR count). The van der Waals surface area contributed by atoms with E-state index in [0.717, 1.165) is 32.1 Å². The van der Waals surface area contributed by atoms with E-state index in [1.807, 2.05) is 13.8 Å². The van der Waals surface area contributed by atoms with Crippen LogP contribution in [0.2, 0.25) is 0 Å². The molecule has 4 amide bonds. The van der Waals surface area contributed by atoms with Gasteiger partial charge in [-0.25, -0.2) is 20.4 Å². The van der Waals surface area contributed by atoms with Crippen LogP contribution in [0.15, 0.2) is 11.6 Å². The number of nitrogens with one attached hydrogen (secondary N) is 6. The summed E-state index contributed by atoms with van der Waals surface area (Å²) in [5.41, 5.74) is 11.1. The molecular formula is C40H69N7O11. The normalized spacial score (nSPS) is 25.6. The van der Waals surface area contributed by atoms with Crippen LogP contribution in [-0.2, 0) is 42.9 Å². The lowest BCUT2D eigenvalue weighted by Gasteiger charge is -2.42. The van der Waals surface area contributed by atoms with Gasteiger partial charge in [-0.15, -0.1) is 0 Å². The fourth-order valence-corrected chi connectivity index (χ4v) is 7.38. The third-order valence-electron chi connectivity index (χ3n) is 11.1. The maximum Gasteiger partial charge on any atom is 0.407 e. The Balaban J connectivity index is 1.28. The van der Waals surface area contributed by atoms with Crippen LogP contribution >= 0.6 is 0 Å². The fourth-order valence-electron chi connectivity index (χ4n) is 7.38. The quantitative estimate of drug-likeness (QED) is 0.0215. The number of rotatable bonds is 26. The Morgan fingerprint density at radius 1 is 0.897 bits per heavy atom. The molecule has 0 aromatic rings. The molecule has 330 valence electrons. The first-order valence-electron chi connectivity index (χ1n) is 20.6. The molecule has 0 radical (unpaired) electrons. The summed E-state index contributed by atoms with van der Waals surface area (Å²) in [5.74, 6) is -2.70. The molecule has 1 saturated carbocycles. The van der Waals surface area contributed by atoms with Crippen molar-refractivity contribution < 1.29 is 52.5 Å². The van der Waals surface area contributed by atoms with E-state index >= 15 is 0 Å². The van der Waals surface area contributed by atoms with Gasteiger partial charge in [0.05, 0.1) is 50.3 Å². The van der Waals surface area contributed by atoms with Crippen molar-refractivity contribution in [1.29, 1.82) is 0 Å². The number of hydrazine groups is 1. The second-order valence-corrected chi connectivity index (χ2v) is 16.6. The first-order valence-corrected chi connectivity index (χ1v) is 20.6. The maximum atomic E-state index is 13.2. The van der Waals surface area contributed by atoms with Gasteiger partial charge >= 0.3 is 12.2 Å². The Labute approximate surface area is 342 Å². The van der Waals surface area contributed by atoms with E-state index in [2.05, 4.69) is 59.0 Å². The molecule has 2 saturated heterocycles. The molecule has 4 unspecified atom stereocenters. The maximum absolute atomic E-state index is 13.2. The standard InChI is InChI=1S/C40H69N7O11/c1-24(2)13-14-30-39(7,58-30)36-35(54-8)29(15-16-40(36)23-56-40)57-38(53)46-27(25(3)4)22-55-37(52)43-18-12-10-9-11-17-42-32(50)21-45-47-33(26(5)6)34(51)28(48)20-44-31(49)19-41/h13,25-27,29-30,33,35-36,45,47H,9-12,14-23,41H2,1-8H3,(H,42,50)(H,43,52)(H,44,49)(H,46,53)/t27-,29?,30+,33-,35?,36?,39?,40-/m0/s1. The molecule has 2 aliphatic heterocycles. The van der Waals surface area contributed by atoms with E-state index in [4.69, 9.17) is 29.4 Å². The molecule has 58 heavy (non-hydrogen) atoms. The van der Waals surface area contributed by atoms with Crippen LogP contribution in [0.3, 0.4) is 0 Å². The molecule has 1 aliphatic carbocycles. The molecular weight excluding hydrogens is 754 g/mol. The van der Waals surface area contributed by atoms with Gasteiger partial charge in [-0.2, -0.15) is 0 Å². The number of carbonyl (C=O) groups excluding carboxylic acids is 6. The van der Waals surface area contributed by atoms with Gasteiger partial charge in [0.2, 0.25) is 23.4 Å². The van der Waals surface area contributed by atoms with Gasteiger partial charge in [0.1, 0.15) is 30.0 Å². The number of ketones is 2. The van der Waals surface area contributed by atoms with Gasteiger partial charge in [0.15, 0.2) is 0 Å². The molecule has 18 heteroatoms.